The molecule has 3 heterocycles. The number of carbonyl (C=O) groups is 3. The van der Waals surface area contributed by atoms with Crippen molar-refractivity contribution < 1.29 is 19.5 Å². The van der Waals surface area contributed by atoms with Crippen molar-refractivity contribution in [3.8, 4) is 0 Å². The number of amides is 3. The molecule has 2 aromatic carbocycles. The van der Waals surface area contributed by atoms with Gasteiger partial charge in [-0.05, 0) is 69.7 Å². The number of benzene rings is 2. The van der Waals surface area contributed by atoms with Crippen LogP contribution in [-0.4, -0.2) is 56.4 Å². The van der Waals surface area contributed by atoms with E-state index in [-0.39, 0.29) is 24.3 Å². The summed E-state index contributed by atoms with van der Waals surface area (Å²) in [4.78, 5) is 43.5. The number of aliphatic hydroxyl groups excluding tert-OH is 1. The van der Waals surface area contributed by atoms with Crippen molar-refractivity contribution in [1.29, 1.82) is 0 Å². The Balaban J connectivity index is 1.50. The fourth-order valence-corrected chi connectivity index (χ4v) is 9.06. The lowest BCUT2D eigenvalue weighted by Crippen LogP contribution is -2.52. The number of hydrogen-bond acceptors (Lipinski definition) is 5. The minimum absolute atomic E-state index is 0.0325. The Bertz CT molecular complexity index is 1200. The summed E-state index contributed by atoms with van der Waals surface area (Å²) in [5.41, 5.74) is 3.41. The lowest BCUT2D eigenvalue weighted by atomic mass is 9.66. The molecule has 1 spiro atoms. The fraction of sp³-hybridized carbons (Fsp3) is 0.483. The topological polar surface area (TPSA) is 98.7 Å². The third-order valence-corrected chi connectivity index (χ3v) is 10.4. The molecule has 3 saturated heterocycles. The molecular weight excluding hydrogens is 486 g/mol. The van der Waals surface area contributed by atoms with Gasteiger partial charge in [-0.2, -0.15) is 0 Å². The summed E-state index contributed by atoms with van der Waals surface area (Å²) >= 11 is 1.67. The molecule has 2 bridgehead atoms. The predicted molar refractivity (Wildman–Crippen MR) is 146 cm³/mol. The molecule has 0 saturated carbocycles. The second-order valence-corrected chi connectivity index (χ2v) is 12.7. The van der Waals surface area contributed by atoms with E-state index in [2.05, 4.69) is 17.6 Å². The third kappa shape index (κ3) is 4.24. The zero-order valence-electron chi connectivity index (χ0n) is 21.6. The molecule has 5 atom stereocenters. The van der Waals surface area contributed by atoms with Crippen LogP contribution < -0.4 is 10.6 Å². The van der Waals surface area contributed by atoms with E-state index in [1.807, 2.05) is 62.4 Å². The van der Waals surface area contributed by atoms with Crippen molar-refractivity contribution in [3.05, 3.63) is 59.7 Å². The Kier molecular flexibility index (Phi) is 6.83. The van der Waals surface area contributed by atoms with Crippen LogP contribution in [-0.2, 0) is 14.4 Å². The van der Waals surface area contributed by atoms with Crippen LogP contribution in [0.2, 0.25) is 0 Å². The molecule has 3 aliphatic heterocycles. The summed E-state index contributed by atoms with van der Waals surface area (Å²) < 4.78 is -1.09. The van der Waals surface area contributed by atoms with Gasteiger partial charge in [-0.1, -0.05) is 36.4 Å². The second kappa shape index (κ2) is 9.80. The SMILES string of the molecule is Cc1cccc(C)c1NC(=O)C1N(CCCCO)C(=O)[C@@H]2[C@@H](C(=O)Nc3ccccc3)[C@@]3(C)CCC12S3. The average molecular weight is 522 g/mol. The van der Waals surface area contributed by atoms with Crippen LogP contribution in [0, 0.1) is 25.7 Å². The number of anilines is 2. The van der Waals surface area contributed by atoms with Gasteiger partial charge >= 0.3 is 0 Å². The quantitative estimate of drug-likeness (QED) is 0.454. The molecule has 0 aliphatic carbocycles. The Hall–Kier alpha value is -2.84. The van der Waals surface area contributed by atoms with Gasteiger partial charge < -0.3 is 20.6 Å². The Morgan fingerprint density at radius 3 is 2.38 bits per heavy atom. The molecule has 3 N–H and O–H groups in total. The first-order chi connectivity index (χ1) is 17.7. The molecule has 37 heavy (non-hydrogen) atoms. The van der Waals surface area contributed by atoms with Gasteiger partial charge in [0.25, 0.3) is 0 Å². The predicted octanol–water partition coefficient (Wildman–Crippen LogP) is 4.13. The van der Waals surface area contributed by atoms with E-state index in [9.17, 15) is 19.5 Å². The minimum Gasteiger partial charge on any atom is -0.396 e. The van der Waals surface area contributed by atoms with Crippen molar-refractivity contribution in [2.45, 2.75) is 62.0 Å². The standard InChI is InChI=1S/C29H35N3O4S/c1-18-10-9-11-19(2)23(18)31-26(35)24-29-15-14-28(3,37-29)21(25(34)30-20-12-5-4-6-13-20)22(29)27(36)32(24)16-7-8-17-33/h4-6,9-13,21-22,24,33H,7-8,14-17H2,1-3H3,(H,30,34)(H,31,35)/t21-,22-,24?,28+,29?/m0/s1. The van der Waals surface area contributed by atoms with Gasteiger partial charge in [0, 0.05) is 29.3 Å². The summed E-state index contributed by atoms with van der Waals surface area (Å²) in [5.74, 6) is -1.57. The molecule has 2 aromatic rings. The highest BCUT2D eigenvalue weighted by Gasteiger charge is 2.77. The first kappa shape index (κ1) is 25.8. The number of aliphatic hydroxyl groups is 1. The molecule has 2 unspecified atom stereocenters. The molecule has 0 aromatic heterocycles. The monoisotopic (exact) mass is 521 g/mol. The van der Waals surface area contributed by atoms with E-state index in [4.69, 9.17) is 0 Å². The fourth-order valence-electron chi connectivity index (χ4n) is 6.71. The number of likely N-dealkylation sites (tertiary alicyclic amines) is 1. The molecule has 8 heteroatoms. The van der Waals surface area contributed by atoms with E-state index < -0.39 is 27.4 Å². The lowest BCUT2D eigenvalue weighted by Gasteiger charge is -2.35. The maximum atomic E-state index is 14.1. The van der Waals surface area contributed by atoms with Crippen LogP contribution in [0.3, 0.4) is 0 Å². The van der Waals surface area contributed by atoms with Gasteiger partial charge in [-0.15, -0.1) is 11.8 Å². The smallest absolute Gasteiger partial charge is 0.248 e. The Morgan fingerprint density at radius 1 is 1.00 bits per heavy atom. The van der Waals surface area contributed by atoms with Crippen LogP contribution in [0.1, 0.15) is 43.7 Å². The van der Waals surface area contributed by atoms with E-state index >= 15 is 0 Å². The maximum Gasteiger partial charge on any atom is 0.248 e. The summed E-state index contributed by atoms with van der Waals surface area (Å²) in [6.45, 7) is 6.41. The highest BCUT2D eigenvalue weighted by Crippen LogP contribution is 2.71. The third-order valence-electron chi connectivity index (χ3n) is 8.39. The number of hydrogen-bond donors (Lipinski definition) is 3. The van der Waals surface area contributed by atoms with Crippen molar-refractivity contribution >= 4 is 40.9 Å². The van der Waals surface area contributed by atoms with E-state index in [1.165, 1.54) is 0 Å². The summed E-state index contributed by atoms with van der Waals surface area (Å²) in [5, 5.41) is 15.5. The number of nitrogens with zero attached hydrogens (tertiary/aromatic N) is 1. The molecule has 196 valence electrons. The minimum atomic E-state index is -0.677. The maximum absolute atomic E-state index is 14.1. The summed E-state index contributed by atoms with van der Waals surface area (Å²) in [6.07, 6.45) is 2.63. The number of aryl methyl sites for hydroxylation is 2. The molecule has 3 fully saturated rings. The largest absolute Gasteiger partial charge is 0.396 e. The molecule has 3 amide bonds. The number of nitrogens with one attached hydrogen (secondary N) is 2. The number of thioether (sulfide) groups is 1. The van der Waals surface area contributed by atoms with Crippen LogP contribution in [0.25, 0.3) is 0 Å². The number of para-hydroxylation sites is 2. The lowest BCUT2D eigenvalue weighted by molar-refractivity contribution is -0.139. The van der Waals surface area contributed by atoms with Crippen LogP contribution in [0.15, 0.2) is 48.5 Å². The first-order valence-corrected chi connectivity index (χ1v) is 13.9. The highest BCUT2D eigenvalue weighted by molar-refractivity contribution is 8.02. The van der Waals surface area contributed by atoms with E-state index in [0.29, 0.717) is 31.5 Å². The van der Waals surface area contributed by atoms with Crippen LogP contribution in [0.5, 0.6) is 0 Å². The van der Waals surface area contributed by atoms with Crippen molar-refractivity contribution in [2.75, 3.05) is 23.8 Å². The zero-order chi connectivity index (χ0) is 26.4. The Labute approximate surface area is 222 Å². The zero-order valence-corrected chi connectivity index (χ0v) is 22.4. The molecule has 7 nitrogen and oxygen atoms in total. The molecular formula is C29H35N3O4S. The highest BCUT2D eigenvalue weighted by atomic mass is 32.2. The molecule has 3 aliphatic rings. The normalized spacial score (nSPS) is 29.9. The summed E-state index contributed by atoms with van der Waals surface area (Å²) in [7, 11) is 0. The average Bonchev–Trinajstić information content (AvgIpc) is 3.43. The van der Waals surface area contributed by atoms with Gasteiger partial charge in [0.2, 0.25) is 17.7 Å². The number of carbonyl (C=O) groups excluding carboxylic acids is 3. The van der Waals surface area contributed by atoms with Gasteiger partial charge in [0.1, 0.15) is 6.04 Å². The molecule has 5 rings (SSSR count). The van der Waals surface area contributed by atoms with Gasteiger partial charge in [-0.25, -0.2) is 0 Å². The van der Waals surface area contributed by atoms with E-state index in [0.717, 1.165) is 23.2 Å². The van der Waals surface area contributed by atoms with Crippen molar-refractivity contribution in [1.82, 2.24) is 4.90 Å². The van der Waals surface area contributed by atoms with Gasteiger partial charge in [0.15, 0.2) is 0 Å². The van der Waals surface area contributed by atoms with Gasteiger partial charge in [0.05, 0.1) is 16.6 Å². The second-order valence-electron chi connectivity index (χ2n) is 10.8. The number of fused-ring (bicyclic) bond motifs is 1. The van der Waals surface area contributed by atoms with Crippen LogP contribution in [0.4, 0.5) is 11.4 Å². The number of unbranched alkanes of at least 4 members (excludes halogenated alkanes) is 1. The molecule has 0 radical (unpaired) electrons. The first-order valence-electron chi connectivity index (χ1n) is 13.1. The number of rotatable bonds is 8. The van der Waals surface area contributed by atoms with Gasteiger partial charge in [-0.3, -0.25) is 14.4 Å². The summed E-state index contributed by atoms with van der Waals surface area (Å²) in [6, 6.07) is 14.5. The van der Waals surface area contributed by atoms with E-state index in [1.54, 1.807) is 16.7 Å². The van der Waals surface area contributed by atoms with Crippen molar-refractivity contribution in [2.24, 2.45) is 11.8 Å². The van der Waals surface area contributed by atoms with Crippen molar-refractivity contribution in [3.63, 3.8) is 0 Å². The van der Waals surface area contributed by atoms with Crippen LogP contribution >= 0.6 is 11.8 Å². The Morgan fingerprint density at radius 2 is 1.70 bits per heavy atom.